The first kappa shape index (κ1) is 15.0. The van der Waals surface area contributed by atoms with Gasteiger partial charge in [-0.15, -0.1) is 11.6 Å². The zero-order chi connectivity index (χ0) is 12.9. The fraction of sp³-hybridized carbons (Fsp3) is 0.143. The van der Waals surface area contributed by atoms with Gasteiger partial charge in [-0.1, -0.05) is 24.3 Å². The van der Waals surface area contributed by atoms with Crippen molar-refractivity contribution in [2.45, 2.75) is 6.42 Å². The van der Waals surface area contributed by atoms with E-state index in [4.69, 9.17) is 11.6 Å². The number of aromatic nitrogens is 1. The van der Waals surface area contributed by atoms with Crippen LogP contribution in [0.3, 0.4) is 0 Å². The van der Waals surface area contributed by atoms with E-state index < -0.39 is 0 Å². The third-order valence-electron chi connectivity index (χ3n) is 1.90. The summed E-state index contributed by atoms with van der Waals surface area (Å²) in [7, 11) is 0. The predicted molar refractivity (Wildman–Crippen MR) is 83.9 cm³/mol. The minimum Gasteiger partial charge on any atom is -0.367 e. The quantitative estimate of drug-likeness (QED) is 0.618. The van der Waals surface area contributed by atoms with E-state index in [1.165, 1.54) is 5.56 Å². The van der Waals surface area contributed by atoms with E-state index in [0.29, 0.717) is 5.88 Å². The Morgan fingerprint density at radius 3 is 1.78 bits per heavy atom. The molecule has 0 bridgehead atoms. The van der Waals surface area contributed by atoms with Crippen molar-refractivity contribution in [2.24, 2.45) is 0 Å². The second-order valence-corrected chi connectivity index (χ2v) is 5.26. The van der Waals surface area contributed by atoms with Crippen molar-refractivity contribution in [3.05, 3.63) is 69.8 Å². The average Bonchev–Trinajstić information content (AvgIpc) is 3.17. The van der Waals surface area contributed by atoms with Gasteiger partial charge in [0.25, 0.3) is 0 Å². The van der Waals surface area contributed by atoms with Crippen LogP contribution >= 0.6 is 34.3 Å². The summed E-state index contributed by atoms with van der Waals surface area (Å²) in [5, 5.41) is 8.17. The van der Waals surface area contributed by atoms with Crippen LogP contribution < -0.4 is 0 Å². The third kappa shape index (κ3) is 8.12. The predicted octanol–water partition coefficient (Wildman–Crippen LogP) is 5.29. The van der Waals surface area contributed by atoms with Crippen molar-refractivity contribution < 1.29 is 0 Å². The molecular weight excluding hydrogens is 282 g/mol. The highest BCUT2D eigenvalue weighted by Crippen LogP contribution is 1.97. The Morgan fingerprint density at radius 1 is 0.944 bits per heavy atom. The molecule has 0 spiro atoms. The number of rotatable bonds is 2. The van der Waals surface area contributed by atoms with E-state index in [0.717, 1.165) is 6.42 Å². The molecule has 3 heterocycles. The number of hydrogen-bond acceptors (Lipinski definition) is 2. The first-order chi connectivity index (χ1) is 8.93. The molecule has 0 unspecified atom stereocenters. The van der Waals surface area contributed by atoms with Crippen LogP contribution in [0.15, 0.2) is 64.2 Å². The van der Waals surface area contributed by atoms with Gasteiger partial charge in [-0.2, -0.15) is 22.7 Å². The van der Waals surface area contributed by atoms with Crippen LogP contribution in [0.25, 0.3) is 0 Å². The fourth-order valence-corrected chi connectivity index (χ4v) is 2.20. The molecule has 0 atom stereocenters. The Bertz CT molecular complexity index is 371. The highest BCUT2D eigenvalue weighted by atomic mass is 35.5. The number of aromatic amines is 1. The molecule has 0 saturated heterocycles. The molecule has 0 amide bonds. The first-order valence-corrected chi connectivity index (χ1v) is 7.97. The lowest BCUT2D eigenvalue weighted by Crippen LogP contribution is -1.79. The van der Waals surface area contributed by atoms with Crippen molar-refractivity contribution in [1.82, 2.24) is 4.98 Å². The van der Waals surface area contributed by atoms with Gasteiger partial charge in [0.15, 0.2) is 0 Å². The molecule has 3 aromatic rings. The van der Waals surface area contributed by atoms with E-state index in [-0.39, 0.29) is 0 Å². The number of H-pyrrole nitrogens is 1. The molecular formula is C14H16ClNS2. The lowest BCUT2D eigenvalue weighted by atomic mass is 10.3. The van der Waals surface area contributed by atoms with E-state index in [1.54, 1.807) is 22.7 Å². The largest absolute Gasteiger partial charge is 0.367 e. The van der Waals surface area contributed by atoms with Gasteiger partial charge >= 0.3 is 0 Å². The van der Waals surface area contributed by atoms with Crippen LogP contribution in [0.1, 0.15) is 5.56 Å². The first-order valence-electron chi connectivity index (χ1n) is 5.55. The normalized spacial score (nSPS) is 8.72. The second kappa shape index (κ2) is 11.1. The van der Waals surface area contributed by atoms with Crippen LogP contribution in [-0.2, 0) is 6.42 Å². The molecule has 0 fully saturated rings. The Balaban J connectivity index is 0.000000141. The van der Waals surface area contributed by atoms with Crippen molar-refractivity contribution in [1.29, 1.82) is 0 Å². The molecule has 0 radical (unpaired) electrons. The number of aryl methyl sites for hydroxylation is 1. The third-order valence-corrected chi connectivity index (χ3v) is 3.34. The summed E-state index contributed by atoms with van der Waals surface area (Å²) in [5.41, 5.74) is 1.28. The van der Waals surface area contributed by atoms with Crippen molar-refractivity contribution >= 4 is 34.3 Å². The number of hydrogen-bond donors (Lipinski definition) is 1. The average molecular weight is 298 g/mol. The molecule has 96 valence electrons. The topological polar surface area (TPSA) is 15.8 Å². The molecule has 0 aromatic carbocycles. The van der Waals surface area contributed by atoms with Crippen LogP contribution in [0.5, 0.6) is 0 Å². The molecule has 0 aliphatic rings. The maximum Gasteiger partial charge on any atom is 0.0264 e. The Labute approximate surface area is 121 Å². The summed E-state index contributed by atoms with van der Waals surface area (Å²) >= 11 is 8.90. The highest BCUT2D eigenvalue weighted by molar-refractivity contribution is 7.08. The van der Waals surface area contributed by atoms with Gasteiger partial charge in [-0.3, -0.25) is 0 Å². The van der Waals surface area contributed by atoms with Gasteiger partial charge in [-0.25, -0.2) is 0 Å². The Kier molecular flexibility index (Phi) is 9.25. The van der Waals surface area contributed by atoms with Crippen LogP contribution in [-0.4, -0.2) is 10.9 Å². The smallest absolute Gasteiger partial charge is 0.0264 e. The summed E-state index contributed by atoms with van der Waals surface area (Å²) in [6.45, 7) is 0. The maximum atomic E-state index is 5.48. The highest BCUT2D eigenvalue weighted by Gasteiger charge is 1.87. The van der Waals surface area contributed by atoms with Gasteiger partial charge in [0.2, 0.25) is 0 Å². The molecule has 0 saturated carbocycles. The van der Waals surface area contributed by atoms with Gasteiger partial charge in [0.1, 0.15) is 0 Å². The summed E-state index contributed by atoms with van der Waals surface area (Å²) < 4.78 is 0. The second-order valence-electron chi connectivity index (χ2n) is 3.24. The SMILES string of the molecule is ClCCc1cc[nH]c1.c1ccsc1.c1ccsc1. The monoisotopic (exact) mass is 297 g/mol. The molecule has 4 heteroatoms. The van der Waals surface area contributed by atoms with Crippen molar-refractivity contribution in [2.75, 3.05) is 5.88 Å². The molecule has 1 nitrogen and oxygen atoms in total. The fourth-order valence-electron chi connectivity index (χ4n) is 1.08. The van der Waals surface area contributed by atoms with Gasteiger partial charge in [0, 0.05) is 18.3 Å². The van der Waals surface area contributed by atoms with E-state index in [2.05, 4.69) is 4.98 Å². The Morgan fingerprint density at radius 2 is 1.50 bits per heavy atom. The zero-order valence-corrected chi connectivity index (χ0v) is 12.3. The van der Waals surface area contributed by atoms with E-state index in [1.807, 2.05) is 64.2 Å². The summed E-state index contributed by atoms with van der Waals surface area (Å²) in [6.07, 6.45) is 4.83. The number of nitrogens with one attached hydrogen (secondary N) is 1. The lowest BCUT2D eigenvalue weighted by molar-refractivity contribution is 1.15. The van der Waals surface area contributed by atoms with E-state index in [9.17, 15) is 0 Å². The van der Waals surface area contributed by atoms with E-state index >= 15 is 0 Å². The van der Waals surface area contributed by atoms with Crippen LogP contribution in [0.2, 0.25) is 0 Å². The molecule has 0 aliphatic carbocycles. The van der Waals surface area contributed by atoms with Crippen molar-refractivity contribution in [3.63, 3.8) is 0 Å². The number of thiophene rings is 2. The van der Waals surface area contributed by atoms with Crippen molar-refractivity contribution in [3.8, 4) is 0 Å². The van der Waals surface area contributed by atoms with Crippen LogP contribution in [0.4, 0.5) is 0 Å². The Hall–Kier alpha value is -1.03. The zero-order valence-electron chi connectivity index (χ0n) is 9.96. The lowest BCUT2D eigenvalue weighted by Gasteiger charge is -1.84. The maximum absolute atomic E-state index is 5.48. The standard InChI is InChI=1S/C6H8ClN.2C4H4S/c7-3-1-6-2-4-8-5-6;2*1-2-4-5-3-1/h2,4-5,8H,1,3H2;2*1-4H. The van der Waals surface area contributed by atoms with Gasteiger partial charge in [-0.05, 0) is 39.6 Å². The van der Waals surface area contributed by atoms with Gasteiger partial charge in [0.05, 0.1) is 0 Å². The minimum absolute atomic E-state index is 0.706. The molecule has 3 rings (SSSR count). The number of halogens is 1. The summed E-state index contributed by atoms with van der Waals surface area (Å²) in [4.78, 5) is 2.96. The van der Waals surface area contributed by atoms with Crippen LogP contribution in [0, 0.1) is 0 Å². The summed E-state index contributed by atoms with van der Waals surface area (Å²) in [5.74, 6) is 0.706. The summed E-state index contributed by atoms with van der Waals surface area (Å²) in [6, 6.07) is 10.1. The number of alkyl halides is 1. The molecule has 3 aromatic heterocycles. The molecule has 1 N–H and O–H groups in total. The van der Waals surface area contributed by atoms with Gasteiger partial charge < -0.3 is 4.98 Å². The molecule has 0 aliphatic heterocycles. The minimum atomic E-state index is 0.706. The molecule has 18 heavy (non-hydrogen) atoms.